The molecule has 0 spiro atoms. The molecule has 2 aromatic rings. The van der Waals surface area contributed by atoms with Gasteiger partial charge in [0, 0.05) is 26.2 Å². The van der Waals surface area contributed by atoms with E-state index in [1.54, 1.807) is 4.57 Å². The predicted molar refractivity (Wildman–Crippen MR) is 99.0 cm³/mol. The van der Waals surface area contributed by atoms with Gasteiger partial charge in [0.2, 0.25) is 5.91 Å². The lowest BCUT2D eigenvalue weighted by Crippen LogP contribution is -2.43. The van der Waals surface area contributed by atoms with Crippen molar-refractivity contribution in [2.24, 2.45) is 11.8 Å². The van der Waals surface area contributed by atoms with Crippen LogP contribution in [-0.4, -0.2) is 46.7 Å². The molecule has 6 heteroatoms. The first-order valence-corrected chi connectivity index (χ1v) is 9.46. The van der Waals surface area contributed by atoms with Gasteiger partial charge in [0.05, 0.1) is 23.4 Å². The molecule has 0 saturated carbocycles. The first kappa shape index (κ1) is 17.2. The number of fused-ring (bicyclic) bond motifs is 1. The standard InChI is InChI=1S/C20H25N3O3/c1-14-21-18-5-3-2-4-17(18)20(25)23(14)12-15-6-9-22(10-7-15)19(24)16-8-11-26-13-16/h2-5,15-16H,6-13H2,1H3. The highest BCUT2D eigenvalue weighted by Crippen LogP contribution is 2.23. The molecule has 1 aromatic heterocycles. The van der Waals surface area contributed by atoms with Crippen molar-refractivity contribution < 1.29 is 9.53 Å². The van der Waals surface area contributed by atoms with Gasteiger partial charge in [0.1, 0.15) is 5.82 Å². The Labute approximate surface area is 152 Å². The summed E-state index contributed by atoms with van der Waals surface area (Å²) in [5.74, 6) is 1.44. The number of carbonyl (C=O) groups is 1. The largest absolute Gasteiger partial charge is 0.381 e. The maximum Gasteiger partial charge on any atom is 0.261 e. The summed E-state index contributed by atoms with van der Waals surface area (Å²) in [6.45, 7) is 5.38. The van der Waals surface area contributed by atoms with Crippen LogP contribution in [0.15, 0.2) is 29.1 Å². The zero-order valence-electron chi connectivity index (χ0n) is 15.2. The Balaban J connectivity index is 1.44. The third-order valence-electron chi connectivity index (χ3n) is 5.70. The van der Waals surface area contributed by atoms with Crippen LogP contribution in [-0.2, 0) is 16.1 Å². The highest BCUT2D eigenvalue weighted by Gasteiger charge is 2.30. The lowest BCUT2D eigenvalue weighted by Gasteiger charge is -2.33. The lowest BCUT2D eigenvalue weighted by atomic mass is 9.95. The fourth-order valence-electron chi connectivity index (χ4n) is 4.08. The van der Waals surface area contributed by atoms with E-state index >= 15 is 0 Å². The average molecular weight is 355 g/mol. The number of aromatic nitrogens is 2. The topological polar surface area (TPSA) is 64.4 Å². The third-order valence-corrected chi connectivity index (χ3v) is 5.70. The SMILES string of the molecule is Cc1nc2ccccc2c(=O)n1CC1CCN(C(=O)C2CCOC2)CC1. The molecule has 26 heavy (non-hydrogen) atoms. The summed E-state index contributed by atoms with van der Waals surface area (Å²) in [7, 11) is 0. The van der Waals surface area contributed by atoms with Gasteiger partial charge in [0.15, 0.2) is 0 Å². The zero-order valence-corrected chi connectivity index (χ0v) is 15.2. The zero-order chi connectivity index (χ0) is 18.1. The van der Waals surface area contributed by atoms with Crippen molar-refractivity contribution >= 4 is 16.8 Å². The van der Waals surface area contributed by atoms with Gasteiger partial charge in [-0.05, 0) is 44.2 Å². The van der Waals surface area contributed by atoms with Crippen LogP contribution < -0.4 is 5.56 Å². The Morgan fingerprint density at radius 3 is 2.73 bits per heavy atom. The van der Waals surface area contributed by atoms with Crippen LogP contribution in [0.3, 0.4) is 0 Å². The maximum absolute atomic E-state index is 12.8. The molecule has 0 N–H and O–H groups in total. The second-order valence-corrected chi connectivity index (χ2v) is 7.42. The molecule has 138 valence electrons. The molecule has 2 saturated heterocycles. The van der Waals surface area contributed by atoms with E-state index in [1.165, 1.54) is 0 Å². The smallest absolute Gasteiger partial charge is 0.261 e. The predicted octanol–water partition coefficient (Wildman–Crippen LogP) is 1.98. The Morgan fingerprint density at radius 1 is 1.23 bits per heavy atom. The summed E-state index contributed by atoms with van der Waals surface area (Å²) >= 11 is 0. The summed E-state index contributed by atoms with van der Waals surface area (Å²) in [5.41, 5.74) is 0.792. The van der Waals surface area contributed by atoms with E-state index < -0.39 is 0 Å². The molecule has 0 bridgehead atoms. The van der Waals surface area contributed by atoms with Gasteiger partial charge in [-0.3, -0.25) is 14.2 Å². The van der Waals surface area contributed by atoms with Gasteiger partial charge in [-0.15, -0.1) is 0 Å². The van der Waals surface area contributed by atoms with Gasteiger partial charge >= 0.3 is 0 Å². The Morgan fingerprint density at radius 2 is 2.00 bits per heavy atom. The number of hydrogen-bond acceptors (Lipinski definition) is 4. The highest BCUT2D eigenvalue weighted by molar-refractivity contribution is 5.79. The number of para-hydroxylation sites is 1. The van der Waals surface area contributed by atoms with Crippen LogP contribution in [0, 0.1) is 18.8 Å². The first-order chi connectivity index (χ1) is 12.6. The fraction of sp³-hybridized carbons (Fsp3) is 0.550. The van der Waals surface area contributed by atoms with Crippen LogP contribution in [0.1, 0.15) is 25.1 Å². The number of benzene rings is 1. The molecule has 0 radical (unpaired) electrons. The number of amides is 1. The molecule has 1 unspecified atom stereocenters. The summed E-state index contributed by atoms with van der Waals surface area (Å²) in [5, 5.41) is 0.673. The van der Waals surface area contributed by atoms with Gasteiger partial charge < -0.3 is 9.64 Å². The van der Waals surface area contributed by atoms with E-state index in [0.717, 1.165) is 43.7 Å². The molecule has 0 aliphatic carbocycles. The van der Waals surface area contributed by atoms with Crippen LogP contribution in [0.25, 0.3) is 10.9 Å². The van der Waals surface area contributed by atoms with Crippen molar-refractivity contribution in [3.63, 3.8) is 0 Å². The summed E-state index contributed by atoms with van der Waals surface area (Å²) in [6.07, 6.45) is 2.70. The number of likely N-dealkylation sites (tertiary alicyclic amines) is 1. The molecule has 2 fully saturated rings. The molecular formula is C20H25N3O3. The fourth-order valence-corrected chi connectivity index (χ4v) is 4.08. The molecule has 2 aliphatic rings. The van der Waals surface area contributed by atoms with E-state index in [-0.39, 0.29) is 17.4 Å². The summed E-state index contributed by atoms with van der Waals surface area (Å²) in [6, 6.07) is 7.50. The van der Waals surface area contributed by atoms with E-state index in [4.69, 9.17) is 4.74 Å². The highest BCUT2D eigenvalue weighted by atomic mass is 16.5. The molecule has 6 nitrogen and oxygen atoms in total. The normalized spacial score (nSPS) is 21.4. The van der Waals surface area contributed by atoms with Crippen molar-refractivity contribution in [1.82, 2.24) is 14.5 Å². The number of ether oxygens (including phenoxy) is 1. The van der Waals surface area contributed by atoms with Crippen molar-refractivity contribution in [1.29, 1.82) is 0 Å². The quantitative estimate of drug-likeness (QED) is 0.845. The van der Waals surface area contributed by atoms with E-state index in [9.17, 15) is 9.59 Å². The van der Waals surface area contributed by atoms with Crippen LogP contribution >= 0.6 is 0 Å². The van der Waals surface area contributed by atoms with Gasteiger partial charge in [-0.25, -0.2) is 4.98 Å². The van der Waals surface area contributed by atoms with Gasteiger partial charge in [-0.2, -0.15) is 0 Å². The van der Waals surface area contributed by atoms with Crippen LogP contribution in [0.2, 0.25) is 0 Å². The molecule has 2 aliphatic heterocycles. The van der Waals surface area contributed by atoms with Crippen molar-refractivity contribution in [2.45, 2.75) is 32.7 Å². The molecule has 1 aromatic carbocycles. The number of piperidine rings is 1. The molecular weight excluding hydrogens is 330 g/mol. The van der Waals surface area contributed by atoms with Crippen molar-refractivity contribution in [3.05, 3.63) is 40.4 Å². The minimum atomic E-state index is 0.0368. The Kier molecular flexibility index (Phi) is 4.76. The van der Waals surface area contributed by atoms with Crippen LogP contribution in [0.5, 0.6) is 0 Å². The molecule has 1 atom stereocenters. The number of hydrogen-bond donors (Lipinski definition) is 0. The molecule has 4 rings (SSSR count). The monoisotopic (exact) mass is 355 g/mol. The second-order valence-electron chi connectivity index (χ2n) is 7.42. The minimum absolute atomic E-state index is 0.0368. The van der Waals surface area contributed by atoms with E-state index in [1.807, 2.05) is 36.1 Å². The van der Waals surface area contributed by atoms with Crippen molar-refractivity contribution in [3.8, 4) is 0 Å². The minimum Gasteiger partial charge on any atom is -0.381 e. The maximum atomic E-state index is 12.8. The second kappa shape index (κ2) is 7.19. The first-order valence-electron chi connectivity index (χ1n) is 9.46. The third kappa shape index (κ3) is 3.26. The van der Waals surface area contributed by atoms with Gasteiger partial charge in [-0.1, -0.05) is 12.1 Å². The summed E-state index contributed by atoms with van der Waals surface area (Å²) in [4.78, 5) is 31.9. The van der Waals surface area contributed by atoms with Gasteiger partial charge in [0.25, 0.3) is 5.56 Å². The number of aryl methyl sites for hydroxylation is 1. The Hall–Kier alpha value is -2.21. The molecule has 1 amide bonds. The van der Waals surface area contributed by atoms with Crippen LogP contribution in [0.4, 0.5) is 0 Å². The van der Waals surface area contributed by atoms with Crippen molar-refractivity contribution in [2.75, 3.05) is 26.3 Å². The summed E-state index contributed by atoms with van der Waals surface area (Å²) < 4.78 is 7.14. The molecule has 3 heterocycles. The van der Waals surface area contributed by atoms with E-state index in [0.29, 0.717) is 31.1 Å². The lowest BCUT2D eigenvalue weighted by molar-refractivity contribution is -0.137. The number of carbonyl (C=O) groups excluding carboxylic acids is 1. The average Bonchev–Trinajstić information content (AvgIpc) is 3.20. The van der Waals surface area contributed by atoms with E-state index in [2.05, 4.69) is 4.98 Å². The Bertz CT molecular complexity index is 862. The number of rotatable bonds is 3. The number of nitrogens with zero attached hydrogens (tertiary/aromatic N) is 3.